The summed E-state index contributed by atoms with van der Waals surface area (Å²) in [7, 11) is 1.44. The lowest BCUT2D eigenvalue weighted by atomic mass is 10.2. The summed E-state index contributed by atoms with van der Waals surface area (Å²) in [6, 6.07) is -0.963. The maximum absolute atomic E-state index is 11.8. The summed E-state index contributed by atoms with van der Waals surface area (Å²) in [5.41, 5.74) is -0.634. The minimum atomic E-state index is -1.07. The van der Waals surface area contributed by atoms with E-state index in [4.69, 9.17) is 14.6 Å². The third-order valence-electron chi connectivity index (χ3n) is 2.53. The lowest BCUT2D eigenvalue weighted by molar-refractivity contribution is -0.145. The van der Waals surface area contributed by atoms with Crippen molar-refractivity contribution in [3.8, 4) is 0 Å². The molecule has 0 unspecified atom stereocenters. The van der Waals surface area contributed by atoms with Crippen molar-refractivity contribution < 1.29 is 24.2 Å². The van der Waals surface area contributed by atoms with Crippen LogP contribution in [0, 0.1) is 0 Å². The first-order valence-electron chi connectivity index (χ1n) is 5.51. The van der Waals surface area contributed by atoms with Gasteiger partial charge in [-0.3, -0.25) is 4.90 Å². The van der Waals surface area contributed by atoms with Gasteiger partial charge in [0.15, 0.2) is 6.04 Å². The molecule has 1 rings (SSSR count). The summed E-state index contributed by atoms with van der Waals surface area (Å²) in [5, 5.41) is 9.10. The van der Waals surface area contributed by atoms with Gasteiger partial charge in [0.2, 0.25) is 0 Å². The lowest BCUT2D eigenvalue weighted by Gasteiger charge is -2.27. The van der Waals surface area contributed by atoms with E-state index in [1.807, 2.05) is 0 Å². The smallest absolute Gasteiger partial charge is 0.411 e. The summed E-state index contributed by atoms with van der Waals surface area (Å²) in [6.45, 7) is 5.56. The van der Waals surface area contributed by atoms with Gasteiger partial charge in [-0.05, 0) is 27.2 Å². The number of likely N-dealkylation sites (tertiary alicyclic amines) is 1. The van der Waals surface area contributed by atoms with Crippen LogP contribution in [-0.2, 0) is 14.3 Å². The van der Waals surface area contributed by atoms with E-state index in [1.165, 1.54) is 12.0 Å². The molecule has 1 aliphatic heterocycles. The zero-order valence-corrected chi connectivity index (χ0v) is 10.6. The molecular formula is C11H19NO5. The summed E-state index contributed by atoms with van der Waals surface area (Å²) >= 11 is 0. The molecule has 0 aromatic rings. The van der Waals surface area contributed by atoms with Crippen molar-refractivity contribution in [1.82, 2.24) is 4.90 Å². The van der Waals surface area contributed by atoms with E-state index in [-0.39, 0.29) is 0 Å². The van der Waals surface area contributed by atoms with Gasteiger partial charge in [-0.25, -0.2) is 9.59 Å². The number of carboxylic acid groups (broad SMARTS) is 1. The van der Waals surface area contributed by atoms with Crippen molar-refractivity contribution >= 4 is 12.1 Å². The van der Waals surface area contributed by atoms with E-state index in [2.05, 4.69) is 0 Å². The molecule has 6 nitrogen and oxygen atoms in total. The van der Waals surface area contributed by atoms with Crippen LogP contribution >= 0.6 is 0 Å². The molecule has 0 aromatic carbocycles. The van der Waals surface area contributed by atoms with E-state index in [9.17, 15) is 9.59 Å². The molecule has 0 spiro atoms. The van der Waals surface area contributed by atoms with Crippen LogP contribution in [-0.4, -0.2) is 53.5 Å². The molecule has 1 saturated heterocycles. The average molecular weight is 245 g/mol. The van der Waals surface area contributed by atoms with Crippen molar-refractivity contribution in [1.29, 1.82) is 0 Å². The highest BCUT2D eigenvalue weighted by Gasteiger charge is 2.43. The van der Waals surface area contributed by atoms with Crippen LogP contribution in [0.3, 0.4) is 0 Å². The van der Waals surface area contributed by atoms with Gasteiger partial charge in [-0.15, -0.1) is 0 Å². The number of nitrogens with zero attached hydrogens (tertiary/aromatic N) is 1. The quantitative estimate of drug-likeness (QED) is 0.788. The van der Waals surface area contributed by atoms with Crippen LogP contribution in [0.4, 0.5) is 4.79 Å². The number of amides is 1. The summed E-state index contributed by atoms with van der Waals surface area (Å²) in [5.74, 6) is -1.07. The van der Waals surface area contributed by atoms with Gasteiger partial charge in [-0.2, -0.15) is 0 Å². The van der Waals surface area contributed by atoms with Gasteiger partial charge in [-0.1, -0.05) is 0 Å². The summed E-state index contributed by atoms with van der Waals surface area (Å²) in [6.07, 6.45) is -0.573. The monoisotopic (exact) mass is 245 g/mol. The molecule has 1 fully saturated rings. The molecule has 0 aliphatic carbocycles. The fourth-order valence-corrected chi connectivity index (χ4v) is 1.83. The third-order valence-corrected chi connectivity index (χ3v) is 2.53. The zero-order chi connectivity index (χ0) is 13.2. The molecule has 6 heteroatoms. The zero-order valence-electron chi connectivity index (χ0n) is 10.6. The first kappa shape index (κ1) is 13.8. The number of carboxylic acids is 1. The molecule has 0 bridgehead atoms. The highest BCUT2D eigenvalue weighted by Crippen LogP contribution is 2.23. The van der Waals surface area contributed by atoms with Crippen LogP contribution in [0.5, 0.6) is 0 Å². The molecule has 2 atom stereocenters. The summed E-state index contributed by atoms with van der Waals surface area (Å²) < 4.78 is 10.2. The number of hydrogen-bond donors (Lipinski definition) is 1. The Hall–Kier alpha value is -1.30. The second kappa shape index (κ2) is 4.91. The maximum Gasteiger partial charge on any atom is 0.411 e. The number of ether oxygens (including phenoxy) is 2. The Balaban J connectivity index is 2.76. The van der Waals surface area contributed by atoms with Gasteiger partial charge in [0.25, 0.3) is 0 Å². The number of rotatable bonds is 2. The van der Waals surface area contributed by atoms with Gasteiger partial charge >= 0.3 is 12.1 Å². The van der Waals surface area contributed by atoms with Crippen LogP contribution in [0.15, 0.2) is 0 Å². The Morgan fingerprint density at radius 2 is 1.94 bits per heavy atom. The molecule has 1 N–H and O–H groups in total. The van der Waals surface area contributed by atoms with Crippen molar-refractivity contribution in [3.63, 3.8) is 0 Å². The summed E-state index contributed by atoms with van der Waals surface area (Å²) in [4.78, 5) is 24.2. The second-order valence-corrected chi connectivity index (χ2v) is 5.02. The van der Waals surface area contributed by atoms with E-state index < -0.39 is 29.8 Å². The SMILES string of the molecule is CO[C@@H]1CCN(C(=O)OC(C)(C)C)[C@H]1C(=O)O. The first-order valence-corrected chi connectivity index (χ1v) is 5.51. The van der Waals surface area contributed by atoms with Gasteiger partial charge < -0.3 is 14.6 Å². The molecule has 1 aliphatic rings. The Kier molecular flexibility index (Phi) is 3.98. The minimum absolute atomic E-state index is 0.338. The average Bonchev–Trinajstić information content (AvgIpc) is 2.57. The van der Waals surface area contributed by atoms with E-state index in [0.717, 1.165) is 0 Å². The molecule has 98 valence electrons. The Labute approximate surface area is 100 Å². The van der Waals surface area contributed by atoms with Crippen molar-refractivity contribution in [2.24, 2.45) is 0 Å². The first-order chi connectivity index (χ1) is 7.76. The molecule has 17 heavy (non-hydrogen) atoms. The van der Waals surface area contributed by atoms with Gasteiger partial charge in [0, 0.05) is 13.7 Å². The predicted molar refractivity (Wildman–Crippen MR) is 59.8 cm³/mol. The van der Waals surface area contributed by atoms with Crippen molar-refractivity contribution in [2.45, 2.75) is 44.9 Å². The van der Waals surface area contributed by atoms with Crippen LogP contribution in [0.25, 0.3) is 0 Å². The second-order valence-electron chi connectivity index (χ2n) is 5.02. The molecular weight excluding hydrogens is 226 g/mol. The highest BCUT2D eigenvalue weighted by atomic mass is 16.6. The van der Waals surface area contributed by atoms with Gasteiger partial charge in [0.1, 0.15) is 5.60 Å². The Morgan fingerprint density at radius 3 is 2.35 bits per heavy atom. The van der Waals surface area contributed by atoms with Crippen LogP contribution in [0.1, 0.15) is 27.2 Å². The van der Waals surface area contributed by atoms with E-state index >= 15 is 0 Å². The maximum atomic E-state index is 11.8. The number of carbonyl (C=O) groups is 2. The number of methoxy groups -OCH3 is 1. The van der Waals surface area contributed by atoms with Gasteiger partial charge in [0.05, 0.1) is 6.10 Å². The van der Waals surface area contributed by atoms with Crippen LogP contribution in [0.2, 0.25) is 0 Å². The minimum Gasteiger partial charge on any atom is -0.480 e. The Morgan fingerprint density at radius 1 is 1.35 bits per heavy atom. The molecule has 1 heterocycles. The van der Waals surface area contributed by atoms with Crippen molar-refractivity contribution in [2.75, 3.05) is 13.7 Å². The number of aliphatic carboxylic acids is 1. The number of hydrogen-bond acceptors (Lipinski definition) is 4. The highest BCUT2D eigenvalue weighted by molar-refractivity contribution is 5.81. The molecule has 0 radical (unpaired) electrons. The fraction of sp³-hybridized carbons (Fsp3) is 0.818. The lowest BCUT2D eigenvalue weighted by Crippen LogP contribution is -2.47. The van der Waals surface area contributed by atoms with E-state index in [0.29, 0.717) is 13.0 Å². The van der Waals surface area contributed by atoms with Crippen molar-refractivity contribution in [3.05, 3.63) is 0 Å². The number of carbonyl (C=O) groups excluding carboxylic acids is 1. The normalized spacial score (nSPS) is 24.8. The third kappa shape index (κ3) is 3.33. The fourth-order valence-electron chi connectivity index (χ4n) is 1.83. The standard InChI is InChI=1S/C11H19NO5/c1-11(2,3)17-10(15)12-6-5-7(16-4)8(12)9(13)14/h7-8H,5-6H2,1-4H3,(H,13,14)/t7-,8-/m1/s1. The predicted octanol–water partition coefficient (Wildman–Crippen LogP) is 1.10. The topological polar surface area (TPSA) is 76.1 Å². The van der Waals surface area contributed by atoms with Crippen LogP contribution < -0.4 is 0 Å². The molecule has 0 saturated carbocycles. The molecule has 1 amide bonds. The Bertz CT molecular complexity index is 309. The molecule has 0 aromatic heterocycles. The van der Waals surface area contributed by atoms with E-state index in [1.54, 1.807) is 20.8 Å². The largest absolute Gasteiger partial charge is 0.480 e.